The second-order valence-corrected chi connectivity index (χ2v) is 7.74. The van der Waals surface area contributed by atoms with Crippen LogP contribution in [0.1, 0.15) is 70.8 Å². The van der Waals surface area contributed by atoms with E-state index in [4.69, 9.17) is 9.47 Å². The Morgan fingerprint density at radius 3 is 2.27 bits per heavy atom. The maximum absolute atomic E-state index is 13.0. The molecule has 4 nitrogen and oxygen atoms in total. The van der Waals surface area contributed by atoms with E-state index in [-0.39, 0.29) is 6.61 Å². The van der Waals surface area contributed by atoms with Gasteiger partial charge in [-0.25, -0.2) is 14.4 Å². The highest BCUT2D eigenvalue weighted by atomic mass is 19.1. The van der Waals surface area contributed by atoms with Crippen molar-refractivity contribution in [3.05, 3.63) is 42.2 Å². The molecule has 0 aliphatic carbocycles. The van der Waals surface area contributed by atoms with Gasteiger partial charge in [0.25, 0.3) is 0 Å². The number of rotatable bonds is 16. The molecule has 5 heteroatoms. The van der Waals surface area contributed by atoms with Crippen molar-refractivity contribution in [1.29, 1.82) is 0 Å². The highest BCUT2D eigenvalue weighted by molar-refractivity contribution is 5.55. The molecule has 30 heavy (non-hydrogen) atoms. The topological polar surface area (TPSA) is 44.2 Å². The largest absolute Gasteiger partial charge is 0.490 e. The van der Waals surface area contributed by atoms with E-state index in [0.717, 1.165) is 55.8 Å². The SMILES string of the molecule is CCCCCOc1cnc(-c2ccc(CCCCCCOCC(F)CC)cc2)nc1. The van der Waals surface area contributed by atoms with Crippen LogP contribution in [-0.2, 0) is 11.2 Å². The number of alkyl halides is 1. The van der Waals surface area contributed by atoms with E-state index < -0.39 is 6.17 Å². The van der Waals surface area contributed by atoms with E-state index in [0.29, 0.717) is 13.0 Å². The van der Waals surface area contributed by atoms with Gasteiger partial charge in [0.1, 0.15) is 6.17 Å². The van der Waals surface area contributed by atoms with Gasteiger partial charge in [-0.15, -0.1) is 0 Å². The van der Waals surface area contributed by atoms with Crippen LogP contribution >= 0.6 is 0 Å². The number of aromatic nitrogens is 2. The molecule has 1 unspecified atom stereocenters. The van der Waals surface area contributed by atoms with Crippen LogP contribution in [0.25, 0.3) is 11.4 Å². The summed E-state index contributed by atoms with van der Waals surface area (Å²) in [6, 6.07) is 8.48. The van der Waals surface area contributed by atoms with E-state index in [1.807, 2.05) is 6.92 Å². The fraction of sp³-hybridized carbons (Fsp3) is 0.600. The monoisotopic (exact) mass is 416 g/mol. The van der Waals surface area contributed by atoms with Crippen LogP contribution in [0.3, 0.4) is 0 Å². The van der Waals surface area contributed by atoms with Crippen LogP contribution < -0.4 is 4.74 Å². The summed E-state index contributed by atoms with van der Waals surface area (Å²) < 4.78 is 24.1. The molecule has 0 saturated carbocycles. The fourth-order valence-corrected chi connectivity index (χ4v) is 3.12. The normalized spacial score (nSPS) is 12.1. The molecule has 0 N–H and O–H groups in total. The summed E-state index contributed by atoms with van der Waals surface area (Å²) in [4.78, 5) is 8.87. The Hall–Kier alpha value is -2.01. The summed E-state index contributed by atoms with van der Waals surface area (Å²) in [7, 11) is 0. The lowest BCUT2D eigenvalue weighted by atomic mass is 10.0. The number of hydrogen-bond donors (Lipinski definition) is 0. The summed E-state index contributed by atoms with van der Waals surface area (Å²) in [6.07, 6.45) is 12.2. The first-order valence-corrected chi connectivity index (χ1v) is 11.5. The van der Waals surface area contributed by atoms with Crippen molar-refractivity contribution in [2.75, 3.05) is 19.8 Å². The molecule has 1 aromatic carbocycles. The molecule has 166 valence electrons. The van der Waals surface area contributed by atoms with Gasteiger partial charge in [-0.2, -0.15) is 0 Å². The Kier molecular flexibility index (Phi) is 12.0. The molecular weight excluding hydrogens is 379 g/mol. The van der Waals surface area contributed by atoms with Gasteiger partial charge in [0.2, 0.25) is 0 Å². The van der Waals surface area contributed by atoms with Crippen LogP contribution in [0.5, 0.6) is 5.75 Å². The zero-order valence-corrected chi connectivity index (χ0v) is 18.6. The van der Waals surface area contributed by atoms with Gasteiger partial charge < -0.3 is 9.47 Å². The lowest BCUT2D eigenvalue weighted by Gasteiger charge is -2.07. The molecule has 0 bridgehead atoms. The zero-order valence-electron chi connectivity index (χ0n) is 18.6. The molecule has 0 spiro atoms. The van der Waals surface area contributed by atoms with Crippen molar-refractivity contribution in [3.8, 4) is 17.1 Å². The minimum Gasteiger partial charge on any atom is -0.490 e. The van der Waals surface area contributed by atoms with Crippen molar-refractivity contribution >= 4 is 0 Å². The van der Waals surface area contributed by atoms with Crippen molar-refractivity contribution in [3.63, 3.8) is 0 Å². The van der Waals surface area contributed by atoms with Crippen molar-refractivity contribution in [2.24, 2.45) is 0 Å². The third kappa shape index (κ3) is 9.66. The van der Waals surface area contributed by atoms with Crippen LogP contribution in [0.4, 0.5) is 4.39 Å². The molecule has 1 aromatic heterocycles. The van der Waals surface area contributed by atoms with Gasteiger partial charge >= 0.3 is 0 Å². The Morgan fingerprint density at radius 2 is 1.57 bits per heavy atom. The number of benzene rings is 1. The quantitative estimate of drug-likeness (QED) is 0.290. The first-order chi connectivity index (χ1) is 14.7. The summed E-state index contributed by atoms with van der Waals surface area (Å²) in [5.74, 6) is 1.45. The maximum atomic E-state index is 13.0. The number of unbranched alkanes of at least 4 members (excludes halogenated alkanes) is 5. The fourth-order valence-electron chi connectivity index (χ4n) is 3.12. The minimum atomic E-state index is -0.819. The molecule has 1 atom stereocenters. The molecule has 0 radical (unpaired) electrons. The van der Waals surface area contributed by atoms with Gasteiger partial charge in [-0.1, -0.05) is 63.8 Å². The summed E-state index contributed by atoms with van der Waals surface area (Å²) in [6.45, 7) is 5.64. The zero-order chi connectivity index (χ0) is 21.4. The summed E-state index contributed by atoms with van der Waals surface area (Å²) in [5, 5.41) is 0. The Morgan fingerprint density at radius 1 is 0.867 bits per heavy atom. The standard InChI is InChI=1S/C25H37FN2O2/c1-3-5-9-17-30-24-18-27-25(28-19-24)22-14-12-21(13-15-22)11-8-6-7-10-16-29-20-23(26)4-2/h12-15,18-19,23H,3-11,16-17,20H2,1-2H3. The molecule has 2 aromatic rings. The molecule has 1 heterocycles. The average molecular weight is 417 g/mol. The van der Waals surface area contributed by atoms with Crippen LogP contribution in [-0.4, -0.2) is 36.0 Å². The van der Waals surface area contributed by atoms with E-state index in [9.17, 15) is 4.39 Å². The van der Waals surface area contributed by atoms with Crippen LogP contribution in [0.2, 0.25) is 0 Å². The first-order valence-electron chi connectivity index (χ1n) is 11.5. The molecular formula is C25H37FN2O2. The van der Waals surface area contributed by atoms with Gasteiger partial charge in [0.05, 0.1) is 25.6 Å². The van der Waals surface area contributed by atoms with E-state index in [1.165, 1.54) is 24.8 Å². The third-order valence-corrected chi connectivity index (χ3v) is 5.10. The number of nitrogens with zero attached hydrogens (tertiary/aromatic N) is 2. The van der Waals surface area contributed by atoms with E-state index in [1.54, 1.807) is 12.4 Å². The second kappa shape index (κ2) is 14.9. The molecule has 0 saturated heterocycles. The Bertz CT molecular complexity index is 677. The van der Waals surface area contributed by atoms with Gasteiger partial charge in [-0.3, -0.25) is 0 Å². The lowest BCUT2D eigenvalue weighted by molar-refractivity contribution is 0.0765. The Labute approximate surface area is 181 Å². The minimum absolute atomic E-state index is 0.237. The first kappa shape index (κ1) is 24.3. The average Bonchev–Trinajstić information content (AvgIpc) is 2.79. The highest BCUT2D eigenvalue weighted by Gasteiger charge is 2.04. The van der Waals surface area contributed by atoms with Crippen LogP contribution in [0, 0.1) is 0 Å². The Balaban J connectivity index is 1.63. The van der Waals surface area contributed by atoms with E-state index >= 15 is 0 Å². The number of ether oxygens (including phenoxy) is 2. The number of hydrogen-bond acceptors (Lipinski definition) is 4. The van der Waals surface area contributed by atoms with Crippen molar-refractivity contribution in [1.82, 2.24) is 9.97 Å². The predicted octanol–water partition coefficient (Wildman–Crippen LogP) is 6.58. The maximum Gasteiger partial charge on any atom is 0.159 e. The second-order valence-electron chi connectivity index (χ2n) is 7.74. The van der Waals surface area contributed by atoms with Gasteiger partial charge in [0, 0.05) is 12.2 Å². The lowest BCUT2D eigenvalue weighted by Crippen LogP contribution is -2.09. The summed E-state index contributed by atoms with van der Waals surface area (Å²) >= 11 is 0. The van der Waals surface area contributed by atoms with Crippen molar-refractivity contribution in [2.45, 2.75) is 77.8 Å². The molecule has 2 rings (SSSR count). The molecule has 0 fully saturated rings. The molecule has 0 aliphatic heterocycles. The van der Waals surface area contributed by atoms with Crippen molar-refractivity contribution < 1.29 is 13.9 Å². The molecule has 0 aliphatic rings. The molecule has 0 amide bonds. The van der Waals surface area contributed by atoms with E-state index in [2.05, 4.69) is 41.2 Å². The highest BCUT2D eigenvalue weighted by Crippen LogP contribution is 2.18. The predicted molar refractivity (Wildman–Crippen MR) is 121 cm³/mol. The smallest absolute Gasteiger partial charge is 0.159 e. The summed E-state index contributed by atoms with van der Waals surface area (Å²) in [5.41, 5.74) is 2.35. The van der Waals surface area contributed by atoms with Gasteiger partial charge in [-0.05, 0) is 37.7 Å². The number of halogens is 1. The third-order valence-electron chi connectivity index (χ3n) is 5.10. The van der Waals surface area contributed by atoms with Gasteiger partial charge in [0.15, 0.2) is 11.6 Å². The number of aryl methyl sites for hydroxylation is 1. The van der Waals surface area contributed by atoms with Crippen LogP contribution in [0.15, 0.2) is 36.7 Å².